The molecule has 37 heavy (non-hydrogen) atoms. The molecule has 0 saturated heterocycles. The summed E-state index contributed by atoms with van der Waals surface area (Å²) >= 11 is 0. The van der Waals surface area contributed by atoms with Crippen molar-refractivity contribution < 1.29 is 9.53 Å². The quantitative estimate of drug-likeness (QED) is 0.432. The molecule has 6 heteroatoms. The molecule has 0 radical (unpaired) electrons. The van der Waals surface area contributed by atoms with E-state index in [1.54, 1.807) is 6.07 Å². The van der Waals surface area contributed by atoms with Gasteiger partial charge in [0.25, 0.3) is 5.91 Å². The van der Waals surface area contributed by atoms with Crippen LogP contribution >= 0.6 is 0 Å². The molecule has 1 unspecified atom stereocenters. The summed E-state index contributed by atoms with van der Waals surface area (Å²) < 4.78 is 6.67. The van der Waals surface area contributed by atoms with Crippen LogP contribution in [-0.2, 0) is 16.8 Å². The van der Waals surface area contributed by atoms with Crippen molar-refractivity contribution in [1.29, 1.82) is 5.26 Å². The summed E-state index contributed by atoms with van der Waals surface area (Å²) in [7, 11) is 0. The molecule has 2 heterocycles. The molecule has 6 rings (SSSR count). The molecule has 2 aliphatic rings. The Bertz CT molecular complexity index is 1560. The number of guanidine groups is 1. The van der Waals surface area contributed by atoms with E-state index in [0.717, 1.165) is 22.3 Å². The molecule has 4 aromatic rings. The second-order valence-electron chi connectivity index (χ2n) is 9.37. The number of hydrogen-bond donors (Lipinski definition) is 2. The number of nitrogens with two attached hydrogens (primary N) is 1. The van der Waals surface area contributed by atoms with Crippen molar-refractivity contribution >= 4 is 11.9 Å². The number of nitrogens with zero attached hydrogens (tertiary/aromatic N) is 2. The van der Waals surface area contributed by atoms with E-state index >= 15 is 0 Å². The number of fused-ring (bicyclic) bond motifs is 2. The first-order valence-electron chi connectivity index (χ1n) is 12.2. The first-order valence-corrected chi connectivity index (χ1v) is 12.2. The van der Waals surface area contributed by atoms with E-state index in [1.165, 1.54) is 0 Å². The van der Waals surface area contributed by atoms with E-state index in [9.17, 15) is 10.1 Å². The number of nitriles is 1. The van der Waals surface area contributed by atoms with E-state index in [2.05, 4.69) is 23.5 Å². The molecule has 0 aliphatic carbocycles. The molecular formula is C31H24N4O2. The Balaban J connectivity index is 1.58. The van der Waals surface area contributed by atoms with Crippen molar-refractivity contribution in [1.82, 2.24) is 5.32 Å². The summed E-state index contributed by atoms with van der Waals surface area (Å²) in [6, 6.07) is 35.4. The van der Waals surface area contributed by atoms with Gasteiger partial charge in [-0.1, -0.05) is 78.9 Å². The van der Waals surface area contributed by atoms with Crippen molar-refractivity contribution in [3.63, 3.8) is 0 Å². The predicted molar refractivity (Wildman–Crippen MR) is 141 cm³/mol. The highest BCUT2D eigenvalue weighted by atomic mass is 16.5. The summed E-state index contributed by atoms with van der Waals surface area (Å²) in [5.74, 6) is 0.0532. The van der Waals surface area contributed by atoms with E-state index < -0.39 is 11.6 Å². The summed E-state index contributed by atoms with van der Waals surface area (Å²) in [6.45, 7) is 0. The third-order valence-corrected chi connectivity index (χ3v) is 7.18. The molecule has 3 atom stereocenters. The van der Waals surface area contributed by atoms with Gasteiger partial charge in [-0.3, -0.25) is 10.1 Å². The van der Waals surface area contributed by atoms with Gasteiger partial charge >= 0.3 is 0 Å². The summed E-state index contributed by atoms with van der Waals surface area (Å²) in [4.78, 5) is 18.7. The summed E-state index contributed by atoms with van der Waals surface area (Å²) in [5.41, 5.74) is 9.88. The molecule has 1 spiro atoms. The zero-order valence-corrected chi connectivity index (χ0v) is 20.0. The van der Waals surface area contributed by atoms with Crippen LogP contribution in [0.1, 0.15) is 28.4 Å². The molecule has 1 amide bonds. The average Bonchev–Trinajstić information content (AvgIpc) is 3.24. The van der Waals surface area contributed by atoms with E-state index in [4.69, 9.17) is 15.5 Å². The molecule has 6 nitrogen and oxygen atoms in total. The maximum Gasteiger partial charge on any atom is 0.259 e. The largest absolute Gasteiger partial charge is 0.485 e. The molecule has 0 bridgehead atoms. The van der Waals surface area contributed by atoms with Gasteiger partial charge in [-0.05, 0) is 52.9 Å². The van der Waals surface area contributed by atoms with Gasteiger partial charge in [0.1, 0.15) is 11.9 Å². The number of rotatable bonds is 4. The number of ether oxygens (including phenoxy) is 1. The minimum absolute atomic E-state index is 0.0969. The smallest absolute Gasteiger partial charge is 0.259 e. The summed E-state index contributed by atoms with van der Waals surface area (Å²) in [5, 5.41) is 12.2. The van der Waals surface area contributed by atoms with Gasteiger partial charge in [0, 0.05) is 11.5 Å². The lowest BCUT2D eigenvalue weighted by atomic mass is 9.68. The van der Waals surface area contributed by atoms with Gasteiger partial charge in [-0.2, -0.15) is 5.26 Å². The minimum Gasteiger partial charge on any atom is -0.485 e. The van der Waals surface area contributed by atoms with Crippen molar-refractivity contribution in [2.24, 2.45) is 16.6 Å². The molecule has 0 fully saturated rings. The topological polar surface area (TPSA) is 101 Å². The van der Waals surface area contributed by atoms with Crippen molar-refractivity contribution in [2.45, 2.75) is 18.1 Å². The van der Waals surface area contributed by atoms with Gasteiger partial charge in [-0.25, -0.2) is 4.99 Å². The highest BCUT2D eigenvalue weighted by Gasteiger charge is 2.58. The number of carbonyl (C=O) groups is 1. The van der Waals surface area contributed by atoms with Crippen LogP contribution in [0.15, 0.2) is 108 Å². The van der Waals surface area contributed by atoms with Crippen molar-refractivity contribution in [2.75, 3.05) is 0 Å². The first-order chi connectivity index (χ1) is 18.1. The second kappa shape index (κ2) is 8.96. The number of hydrogen-bond acceptors (Lipinski definition) is 5. The average molecular weight is 485 g/mol. The normalized spacial score (nSPS) is 21.9. The zero-order chi connectivity index (χ0) is 25.4. The Morgan fingerprint density at radius 1 is 0.919 bits per heavy atom. The Hall–Kier alpha value is -4.89. The maximum absolute atomic E-state index is 13.8. The van der Waals surface area contributed by atoms with Crippen LogP contribution in [0.4, 0.5) is 0 Å². The minimum atomic E-state index is -1.28. The van der Waals surface area contributed by atoms with Crippen LogP contribution in [-0.4, -0.2) is 11.9 Å². The van der Waals surface area contributed by atoms with Crippen LogP contribution in [0.25, 0.3) is 11.1 Å². The van der Waals surface area contributed by atoms with Crippen LogP contribution in [0.2, 0.25) is 0 Å². The maximum atomic E-state index is 13.8. The molecule has 2 aliphatic heterocycles. The lowest BCUT2D eigenvalue weighted by Crippen LogP contribution is -2.50. The van der Waals surface area contributed by atoms with Gasteiger partial charge in [-0.15, -0.1) is 0 Å². The van der Waals surface area contributed by atoms with E-state index in [0.29, 0.717) is 23.3 Å². The summed E-state index contributed by atoms with van der Waals surface area (Å²) in [6.07, 6.45) is 0.125. The highest BCUT2D eigenvalue weighted by molar-refractivity contribution is 6.08. The molecule has 0 saturated carbocycles. The molecule has 4 aromatic carbocycles. The van der Waals surface area contributed by atoms with Gasteiger partial charge in [0.15, 0.2) is 11.5 Å². The fourth-order valence-electron chi connectivity index (χ4n) is 5.50. The number of carbonyl (C=O) groups excluding carboxylic acids is 1. The van der Waals surface area contributed by atoms with Crippen molar-refractivity contribution in [3.8, 4) is 22.9 Å². The number of amides is 1. The monoisotopic (exact) mass is 484 g/mol. The number of benzene rings is 4. The Labute approximate surface area is 215 Å². The van der Waals surface area contributed by atoms with E-state index in [1.807, 2.05) is 84.9 Å². The SMILES string of the molecule is N#Cc1cccc(-c2ccc3c(c2)[C@]2(N=C(N)NC2=O)C(Cc2ccccc2)[C@H](c2ccccc2)O3)c1. The van der Waals surface area contributed by atoms with Crippen LogP contribution in [0.3, 0.4) is 0 Å². The third kappa shape index (κ3) is 3.82. The van der Waals surface area contributed by atoms with Crippen LogP contribution in [0, 0.1) is 17.2 Å². The number of nitrogens with one attached hydrogen (secondary N) is 1. The lowest BCUT2D eigenvalue weighted by Gasteiger charge is -2.44. The van der Waals surface area contributed by atoms with Gasteiger partial charge in [0.2, 0.25) is 0 Å². The number of aliphatic imine (C=N–C) groups is 1. The van der Waals surface area contributed by atoms with Crippen LogP contribution in [0.5, 0.6) is 5.75 Å². The van der Waals surface area contributed by atoms with Gasteiger partial charge < -0.3 is 10.5 Å². The second-order valence-corrected chi connectivity index (χ2v) is 9.37. The predicted octanol–water partition coefficient (Wildman–Crippen LogP) is 4.86. The first kappa shape index (κ1) is 22.6. The Morgan fingerprint density at radius 3 is 2.35 bits per heavy atom. The van der Waals surface area contributed by atoms with Crippen molar-refractivity contribution in [3.05, 3.63) is 125 Å². The van der Waals surface area contributed by atoms with Gasteiger partial charge in [0.05, 0.1) is 11.6 Å². The molecular weight excluding hydrogens is 460 g/mol. The fourth-order valence-corrected chi connectivity index (χ4v) is 5.50. The Morgan fingerprint density at radius 2 is 1.65 bits per heavy atom. The highest BCUT2D eigenvalue weighted by Crippen LogP contribution is 2.54. The third-order valence-electron chi connectivity index (χ3n) is 7.18. The van der Waals surface area contributed by atoms with Crippen LogP contribution < -0.4 is 15.8 Å². The van der Waals surface area contributed by atoms with E-state index in [-0.39, 0.29) is 17.8 Å². The lowest BCUT2D eigenvalue weighted by molar-refractivity contribution is -0.129. The Kier molecular flexibility index (Phi) is 5.46. The standard InChI is InChI=1S/C31H24N4O2/c32-19-21-10-7-13-23(16-21)24-14-15-27-25(18-24)31(29(36)34-30(33)35-31)26(17-20-8-3-1-4-9-20)28(37-27)22-11-5-2-6-12-22/h1-16,18,26,28H,17H2,(H3,33,34,35,36)/t26?,28-,31-/m0/s1. The zero-order valence-electron chi connectivity index (χ0n) is 20.0. The molecule has 0 aromatic heterocycles. The molecule has 180 valence electrons. The fraction of sp³-hybridized carbons (Fsp3) is 0.129. The molecule has 3 N–H and O–H groups in total.